The van der Waals surface area contributed by atoms with Gasteiger partial charge in [0.1, 0.15) is 5.02 Å². The molecule has 2 atom stereocenters. The van der Waals surface area contributed by atoms with Crippen LogP contribution in [-0.2, 0) is 11.8 Å². The average molecular weight is 320 g/mol. The van der Waals surface area contributed by atoms with Gasteiger partial charge in [-0.1, -0.05) is 11.6 Å². The highest BCUT2D eigenvalue weighted by Gasteiger charge is 2.24. The summed E-state index contributed by atoms with van der Waals surface area (Å²) in [6, 6.07) is 1.85. The highest BCUT2D eigenvalue weighted by Crippen LogP contribution is 2.19. The van der Waals surface area contributed by atoms with Gasteiger partial charge in [0.05, 0.1) is 5.69 Å². The Kier molecular flexibility index (Phi) is 6.05. The smallest absolute Gasteiger partial charge is 0.269 e. The molecule has 2 heterocycles. The van der Waals surface area contributed by atoms with E-state index in [9.17, 15) is 9.59 Å². The molecule has 1 aliphatic rings. The van der Waals surface area contributed by atoms with Crippen LogP contribution < -0.4 is 16.2 Å². The van der Waals surface area contributed by atoms with Crippen molar-refractivity contribution in [2.45, 2.75) is 25.8 Å². The number of aryl methyl sites for hydroxylation is 1. The molecule has 0 aromatic carbocycles. The van der Waals surface area contributed by atoms with Crippen molar-refractivity contribution in [1.82, 2.24) is 9.88 Å². The number of halogens is 2. The van der Waals surface area contributed by atoms with E-state index in [2.05, 4.69) is 17.6 Å². The van der Waals surface area contributed by atoms with Crippen molar-refractivity contribution in [1.29, 1.82) is 0 Å². The summed E-state index contributed by atoms with van der Waals surface area (Å²) < 4.78 is 1.36. The minimum Gasteiger partial charge on any atom is -0.324 e. The van der Waals surface area contributed by atoms with Crippen molar-refractivity contribution in [2.75, 3.05) is 11.9 Å². The van der Waals surface area contributed by atoms with Crippen LogP contribution in [0.2, 0.25) is 5.02 Å². The van der Waals surface area contributed by atoms with Crippen LogP contribution in [0.1, 0.15) is 19.8 Å². The van der Waals surface area contributed by atoms with Gasteiger partial charge < -0.3 is 15.2 Å². The van der Waals surface area contributed by atoms with E-state index in [1.54, 1.807) is 13.2 Å². The molecule has 0 spiro atoms. The van der Waals surface area contributed by atoms with Gasteiger partial charge in [-0.05, 0) is 32.4 Å². The fourth-order valence-electron chi connectivity index (χ4n) is 2.35. The SMILES string of the molecule is C[C@H]1C[C@@H](C(=O)Nc2cc(Cl)c(=O)n(C)c2)CCN1.Cl. The minimum absolute atomic E-state index is 0. The van der Waals surface area contributed by atoms with Crippen LogP contribution in [0, 0.1) is 5.92 Å². The van der Waals surface area contributed by atoms with E-state index in [1.165, 1.54) is 10.6 Å². The highest BCUT2D eigenvalue weighted by molar-refractivity contribution is 6.30. The molecule has 1 aromatic rings. The number of carbonyl (C=O) groups excluding carboxylic acids is 1. The Morgan fingerprint density at radius 2 is 2.25 bits per heavy atom. The lowest BCUT2D eigenvalue weighted by molar-refractivity contribution is -0.120. The second kappa shape index (κ2) is 7.11. The first-order valence-electron chi connectivity index (χ1n) is 6.38. The molecule has 1 saturated heterocycles. The Morgan fingerprint density at radius 3 is 2.85 bits per heavy atom. The molecule has 5 nitrogen and oxygen atoms in total. The van der Waals surface area contributed by atoms with E-state index in [0.717, 1.165) is 19.4 Å². The van der Waals surface area contributed by atoms with Gasteiger partial charge in [0.15, 0.2) is 0 Å². The van der Waals surface area contributed by atoms with Crippen LogP contribution in [-0.4, -0.2) is 23.1 Å². The lowest BCUT2D eigenvalue weighted by Gasteiger charge is -2.27. The fourth-order valence-corrected chi connectivity index (χ4v) is 2.60. The summed E-state index contributed by atoms with van der Waals surface area (Å²) in [6.45, 7) is 2.93. The maximum Gasteiger partial charge on any atom is 0.269 e. The van der Waals surface area contributed by atoms with Crippen LogP contribution in [0.25, 0.3) is 0 Å². The van der Waals surface area contributed by atoms with Crippen molar-refractivity contribution >= 4 is 35.6 Å². The first kappa shape index (κ1) is 17.0. The molecular formula is C13H19Cl2N3O2. The van der Waals surface area contributed by atoms with Crippen LogP contribution in [0.3, 0.4) is 0 Å². The standard InChI is InChI=1S/C13H18ClN3O2.ClH/c1-8-5-9(3-4-15-8)12(18)16-10-6-11(14)13(19)17(2)7-10;/h6-9,15H,3-5H2,1-2H3,(H,16,18);1H/t8-,9-;/m0./s1. The van der Waals surface area contributed by atoms with Gasteiger partial charge in [-0.15, -0.1) is 12.4 Å². The largest absolute Gasteiger partial charge is 0.324 e. The molecule has 0 unspecified atom stereocenters. The maximum atomic E-state index is 12.2. The minimum atomic E-state index is -0.268. The second-order valence-corrected chi connectivity index (χ2v) is 5.47. The Bertz CT molecular complexity index is 519. The van der Waals surface area contributed by atoms with Gasteiger partial charge in [0.25, 0.3) is 5.56 Å². The number of amides is 1. The van der Waals surface area contributed by atoms with Gasteiger partial charge >= 0.3 is 0 Å². The number of aromatic nitrogens is 1. The lowest BCUT2D eigenvalue weighted by Crippen LogP contribution is -2.40. The van der Waals surface area contributed by atoms with E-state index in [-0.39, 0.29) is 34.8 Å². The summed E-state index contributed by atoms with van der Waals surface area (Å²) in [5, 5.41) is 6.25. The summed E-state index contributed by atoms with van der Waals surface area (Å²) in [7, 11) is 1.61. The van der Waals surface area contributed by atoms with Crippen molar-refractivity contribution in [2.24, 2.45) is 13.0 Å². The number of nitrogens with zero attached hydrogens (tertiary/aromatic N) is 1. The average Bonchev–Trinajstić information content (AvgIpc) is 2.36. The molecular weight excluding hydrogens is 301 g/mol. The topological polar surface area (TPSA) is 63.1 Å². The summed E-state index contributed by atoms with van der Waals surface area (Å²) in [5.41, 5.74) is 0.290. The number of rotatable bonds is 2. The molecule has 0 bridgehead atoms. The van der Waals surface area contributed by atoms with Crippen LogP contribution in [0.5, 0.6) is 0 Å². The van der Waals surface area contributed by atoms with E-state index in [4.69, 9.17) is 11.6 Å². The molecule has 1 aromatic heterocycles. The predicted molar refractivity (Wildman–Crippen MR) is 82.8 cm³/mol. The number of carbonyl (C=O) groups is 1. The third-order valence-electron chi connectivity index (χ3n) is 3.40. The molecule has 2 rings (SSSR count). The molecule has 0 aliphatic carbocycles. The highest BCUT2D eigenvalue weighted by atomic mass is 35.5. The molecule has 1 amide bonds. The molecule has 20 heavy (non-hydrogen) atoms. The zero-order valence-electron chi connectivity index (χ0n) is 11.5. The monoisotopic (exact) mass is 319 g/mol. The molecule has 0 radical (unpaired) electrons. The maximum absolute atomic E-state index is 12.2. The number of anilines is 1. The van der Waals surface area contributed by atoms with E-state index >= 15 is 0 Å². The Morgan fingerprint density at radius 1 is 1.55 bits per heavy atom. The van der Waals surface area contributed by atoms with Crippen molar-refractivity contribution in [3.05, 3.63) is 27.6 Å². The first-order valence-corrected chi connectivity index (χ1v) is 6.75. The summed E-state index contributed by atoms with van der Waals surface area (Å²) in [6.07, 6.45) is 3.23. The Hall–Kier alpha value is -1.04. The fraction of sp³-hybridized carbons (Fsp3) is 0.538. The Labute approximate surface area is 129 Å². The van der Waals surface area contributed by atoms with Gasteiger partial charge in [-0.2, -0.15) is 0 Å². The van der Waals surface area contributed by atoms with E-state index < -0.39 is 0 Å². The van der Waals surface area contributed by atoms with Gasteiger partial charge in [0.2, 0.25) is 5.91 Å². The number of piperidine rings is 1. The van der Waals surface area contributed by atoms with Crippen molar-refractivity contribution in [3.8, 4) is 0 Å². The molecule has 1 fully saturated rings. The van der Waals surface area contributed by atoms with Crippen LogP contribution >= 0.6 is 24.0 Å². The molecule has 0 saturated carbocycles. The molecule has 2 N–H and O–H groups in total. The number of hydrogen-bond acceptors (Lipinski definition) is 3. The van der Waals surface area contributed by atoms with Crippen molar-refractivity contribution < 1.29 is 4.79 Å². The van der Waals surface area contributed by atoms with E-state index in [1.807, 2.05) is 0 Å². The normalized spacial score (nSPS) is 21.9. The second-order valence-electron chi connectivity index (χ2n) is 5.06. The van der Waals surface area contributed by atoms with Gasteiger partial charge in [-0.3, -0.25) is 9.59 Å². The first-order chi connectivity index (χ1) is 8.97. The molecule has 7 heteroatoms. The number of pyridine rings is 1. The molecule has 1 aliphatic heterocycles. The van der Waals surface area contributed by atoms with Gasteiger partial charge in [-0.25, -0.2) is 0 Å². The lowest BCUT2D eigenvalue weighted by atomic mass is 9.92. The third kappa shape index (κ3) is 3.98. The number of hydrogen-bond donors (Lipinski definition) is 2. The van der Waals surface area contributed by atoms with Gasteiger partial charge in [0, 0.05) is 25.2 Å². The van der Waals surface area contributed by atoms with Crippen molar-refractivity contribution in [3.63, 3.8) is 0 Å². The predicted octanol–water partition coefficient (Wildman–Crippen LogP) is 1.79. The summed E-state index contributed by atoms with van der Waals surface area (Å²) in [5.74, 6) is -0.00433. The van der Waals surface area contributed by atoms with E-state index in [0.29, 0.717) is 11.7 Å². The van der Waals surface area contributed by atoms with Crippen LogP contribution in [0.15, 0.2) is 17.1 Å². The number of nitrogens with one attached hydrogen (secondary N) is 2. The quantitative estimate of drug-likeness (QED) is 0.873. The summed E-state index contributed by atoms with van der Waals surface area (Å²) in [4.78, 5) is 23.6. The summed E-state index contributed by atoms with van der Waals surface area (Å²) >= 11 is 5.82. The zero-order chi connectivity index (χ0) is 14.0. The van der Waals surface area contributed by atoms with Crippen LogP contribution in [0.4, 0.5) is 5.69 Å². The molecule has 112 valence electrons. The Balaban J connectivity index is 0.00000200. The third-order valence-corrected chi connectivity index (χ3v) is 3.67. The zero-order valence-corrected chi connectivity index (χ0v) is 13.1.